The molecule has 0 aromatic heterocycles. The molecule has 0 aromatic rings. The summed E-state index contributed by atoms with van der Waals surface area (Å²) in [5.74, 6) is 0.356. The fraction of sp³-hybridized carbons (Fsp3) is 0.941. The largest absolute Gasteiger partial charge is 0.339 e. The van der Waals surface area contributed by atoms with E-state index < -0.39 is 0 Å². The van der Waals surface area contributed by atoms with Gasteiger partial charge in [-0.05, 0) is 52.0 Å². The van der Waals surface area contributed by atoms with Gasteiger partial charge >= 0.3 is 0 Å². The average molecular weight is 278 g/mol. The minimum atomic E-state index is 0.0727. The highest BCUT2D eigenvalue weighted by molar-refractivity contribution is 5.78. The number of carbonyl (C=O) groups is 1. The van der Waals surface area contributed by atoms with E-state index in [9.17, 15) is 4.79 Å². The summed E-state index contributed by atoms with van der Waals surface area (Å²) in [6.07, 6.45) is 12.6. The minimum Gasteiger partial charge on any atom is -0.339 e. The molecule has 1 aliphatic carbocycles. The van der Waals surface area contributed by atoms with Gasteiger partial charge in [0.1, 0.15) is 0 Å². The smallest absolute Gasteiger partial charge is 0.222 e. The van der Waals surface area contributed by atoms with Crippen LogP contribution in [-0.4, -0.2) is 46.9 Å². The Balaban J connectivity index is 1.85. The molecular weight excluding hydrogens is 248 g/mol. The molecule has 2 atom stereocenters. The van der Waals surface area contributed by atoms with E-state index in [0.29, 0.717) is 11.9 Å². The SMILES string of the molecule is CN1C(=O)CC[C@@H]2N(C3CCCCC3)CCCC[C@@]21C. The van der Waals surface area contributed by atoms with Gasteiger partial charge in [0.2, 0.25) is 5.91 Å². The Bertz CT molecular complexity index is 364. The first kappa shape index (κ1) is 14.4. The second-order valence-corrected chi connectivity index (χ2v) is 7.35. The molecule has 3 nitrogen and oxygen atoms in total. The van der Waals surface area contributed by atoms with E-state index in [1.165, 1.54) is 57.9 Å². The highest BCUT2D eigenvalue weighted by Gasteiger charge is 2.48. The predicted octanol–water partition coefficient (Wildman–Crippen LogP) is 3.18. The number of fused-ring (bicyclic) bond motifs is 1. The minimum absolute atomic E-state index is 0.0727. The highest BCUT2D eigenvalue weighted by atomic mass is 16.2. The molecule has 3 rings (SSSR count). The second kappa shape index (κ2) is 5.67. The molecule has 3 heteroatoms. The zero-order valence-electron chi connectivity index (χ0n) is 13.2. The van der Waals surface area contributed by atoms with Crippen molar-refractivity contribution in [3.63, 3.8) is 0 Å². The molecule has 114 valence electrons. The van der Waals surface area contributed by atoms with E-state index in [1.54, 1.807) is 0 Å². The van der Waals surface area contributed by atoms with Crippen molar-refractivity contribution in [3.8, 4) is 0 Å². The molecule has 1 saturated carbocycles. The van der Waals surface area contributed by atoms with Crippen LogP contribution in [0.15, 0.2) is 0 Å². The van der Waals surface area contributed by atoms with Gasteiger partial charge in [-0.15, -0.1) is 0 Å². The van der Waals surface area contributed by atoms with E-state index in [0.717, 1.165) is 18.9 Å². The molecule has 0 N–H and O–H groups in total. The number of piperidine rings is 1. The number of hydrogen-bond acceptors (Lipinski definition) is 2. The monoisotopic (exact) mass is 278 g/mol. The van der Waals surface area contributed by atoms with Gasteiger partial charge in [0.05, 0.1) is 5.54 Å². The summed E-state index contributed by atoms with van der Waals surface area (Å²) in [4.78, 5) is 17.1. The fourth-order valence-corrected chi connectivity index (χ4v) is 4.89. The summed E-state index contributed by atoms with van der Waals surface area (Å²) in [5.41, 5.74) is 0.0727. The lowest BCUT2D eigenvalue weighted by atomic mass is 9.78. The van der Waals surface area contributed by atoms with Crippen molar-refractivity contribution in [3.05, 3.63) is 0 Å². The summed E-state index contributed by atoms with van der Waals surface area (Å²) < 4.78 is 0. The Morgan fingerprint density at radius 2 is 1.80 bits per heavy atom. The molecule has 2 aliphatic heterocycles. The van der Waals surface area contributed by atoms with Crippen LogP contribution in [0.5, 0.6) is 0 Å². The van der Waals surface area contributed by atoms with Gasteiger partial charge in [-0.1, -0.05) is 19.3 Å². The number of likely N-dealkylation sites (tertiary alicyclic amines) is 2. The number of carbonyl (C=O) groups excluding carboxylic acids is 1. The van der Waals surface area contributed by atoms with Crippen molar-refractivity contribution in [2.45, 2.75) is 88.8 Å². The summed E-state index contributed by atoms with van der Waals surface area (Å²) in [7, 11) is 2.04. The van der Waals surface area contributed by atoms with Crippen LogP contribution in [0.2, 0.25) is 0 Å². The van der Waals surface area contributed by atoms with E-state index in [-0.39, 0.29) is 5.54 Å². The maximum atomic E-state index is 12.2. The molecule has 0 unspecified atom stereocenters. The third kappa shape index (κ3) is 2.38. The fourth-order valence-electron chi connectivity index (χ4n) is 4.89. The molecular formula is C17H30N2O. The molecule has 0 radical (unpaired) electrons. The number of hydrogen-bond donors (Lipinski definition) is 0. The third-order valence-corrected chi connectivity index (χ3v) is 6.28. The number of likely N-dealkylation sites (N-methyl/N-ethyl adjacent to an activating group) is 1. The Kier molecular flexibility index (Phi) is 4.07. The van der Waals surface area contributed by atoms with Crippen molar-refractivity contribution in [1.82, 2.24) is 9.80 Å². The van der Waals surface area contributed by atoms with Gasteiger partial charge in [-0.3, -0.25) is 9.69 Å². The van der Waals surface area contributed by atoms with Crippen molar-refractivity contribution in [1.29, 1.82) is 0 Å². The lowest BCUT2D eigenvalue weighted by molar-refractivity contribution is -0.145. The van der Waals surface area contributed by atoms with Gasteiger partial charge < -0.3 is 4.90 Å². The zero-order chi connectivity index (χ0) is 14.2. The van der Waals surface area contributed by atoms with Gasteiger partial charge in [0.25, 0.3) is 0 Å². The van der Waals surface area contributed by atoms with Crippen molar-refractivity contribution < 1.29 is 4.79 Å². The molecule has 20 heavy (non-hydrogen) atoms. The van der Waals surface area contributed by atoms with Crippen molar-refractivity contribution in [2.24, 2.45) is 0 Å². The summed E-state index contributed by atoms with van der Waals surface area (Å²) >= 11 is 0. The normalized spacial score (nSPS) is 37.6. The zero-order valence-corrected chi connectivity index (χ0v) is 13.2. The van der Waals surface area contributed by atoms with Crippen LogP contribution in [0.25, 0.3) is 0 Å². The first-order valence-corrected chi connectivity index (χ1v) is 8.65. The van der Waals surface area contributed by atoms with Crippen LogP contribution in [0.3, 0.4) is 0 Å². The van der Waals surface area contributed by atoms with Crippen LogP contribution < -0.4 is 0 Å². The van der Waals surface area contributed by atoms with E-state index >= 15 is 0 Å². The Hall–Kier alpha value is -0.570. The first-order chi connectivity index (χ1) is 9.63. The highest BCUT2D eigenvalue weighted by Crippen LogP contribution is 2.40. The summed E-state index contributed by atoms with van der Waals surface area (Å²) in [5, 5.41) is 0. The molecule has 1 amide bonds. The quantitative estimate of drug-likeness (QED) is 0.735. The van der Waals surface area contributed by atoms with E-state index in [1.807, 2.05) is 7.05 Å². The Morgan fingerprint density at radius 1 is 1.05 bits per heavy atom. The Morgan fingerprint density at radius 3 is 2.55 bits per heavy atom. The van der Waals surface area contributed by atoms with Crippen molar-refractivity contribution in [2.75, 3.05) is 13.6 Å². The average Bonchev–Trinajstić information content (AvgIpc) is 2.64. The van der Waals surface area contributed by atoms with Gasteiger partial charge in [0, 0.05) is 25.6 Å². The number of nitrogens with zero attached hydrogens (tertiary/aromatic N) is 2. The molecule has 3 aliphatic rings. The second-order valence-electron chi connectivity index (χ2n) is 7.35. The maximum Gasteiger partial charge on any atom is 0.222 e. The van der Waals surface area contributed by atoms with E-state index in [2.05, 4.69) is 16.7 Å². The summed E-state index contributed by atoms with van der Waals surface area (Å²) in [6, 6.07) is 1.38. The molecule has 0 bridgehead atoms. The van der Waals surface area contributed by atoms with Crippen LogP contribution >= 0.6 is 0 Å². The molecule has 3 fully saturated rings. The molecule has 0 aromatic carbocycles. The van der Waals surface area contributed by atoms with Crippen molar-refractivity contribution >= 4 is 5.91 Å². The third-order valence-electron chi connectivity index (χ3n) is 6.28. The lowest BCUT2D eigenvalue weighted by Gasteiger charge is -2.53. The number of rotatable bonds is 1. The van der Waals surface area contributed by atoms with E-state index in [4.69, 9.17) is 0 Å². The molecule has 2 heterocycles. The van der Waals surface area contributed by atoms with Crippen LogP contribution in [-0.2, 0) is 4.79 Å². The van der Waals surface area contributed by atoms with Gasteiger partial charge in [0.15, 0.2) is 0 Å². The first-order valence-electron chi connectivity index (χ1n) is 8.65. The topological polar surface area (TPSA) is 23.6 Å². The predicted molar refractivity (Wildman–Crippen MR) is 81.6 cm³/mol. The Labute approximate surface area is 123 Å². The molecule has 0 spiro atoms. The van der Waals surface area contributed by atoms with Crippen LogP contribution in [0.1, 0.15) is 71.1 Å². The number of amides is 1. The van der Waals surface area contributed by atoms with Gasteiger partial charge in [-0.2, -0.15) is 0 Å². The van der Waals surface area contributed by atoms with Crippen LogP contribution in [0, 0.1) is 0 Å². The summed E-state index contributed by atoms with van der Waals surface area (Å²) in [6.45, 7) is 3.60. The standard InChI is InChI=1S/C17H30N2O/c1-17-12-6-7-13-19(14-8-4-3-5-9-14)15(17)10-11-16(20)18(17)2/h14-15H,3-13H2,1-2H3/t15-,17-/m0/s1. The molecule has 2 saturated heterocycles. The van der Waals surface area contributed by atoms with Gasteiger partial charge in [-0.25, -0.2) is 0 Å². The maximum absolute atomic E-state index is 12.2. The lowest BCUT2D eigenvalue weighted by Crippen LogP contribution is -2.64. The van der Waals surface area contributed by atoms with Crippen LogP contribution in [0.4, 0.5) is 0 Å².